The highest BCUT2D eigenvalue weighted by molar-refractivity contribution is 7.80. The minimum Gasteiger partial charge on any atom is -0.474 e. The van der Waals surface area contributed by atoms with Crippen LogP contribution in [0.2, 0.25) is 0 Å². The van der Waals surface area contributed by atoms with Gasteiger partial charge < -0.3 is 19.9 Å². The normalized spacial score (nSPS) is 14.4. The summed E-state index contributed by atoms with van der Waals surface area (Å²) in [6, 6.07) is 4.80. The maximum Gasteiger partial charge on any atom is 0.256 e. The molecule has 0 radical (unpaired) electrons. The molecule has 144 valence electrons. The first-order chi connectivity index (χ1) is 13.0. The van der Waals surface area contributed by atoms with E-state index in [4.69, 9.17) is 17.0 Å². The largest absolute Gasteiger partial charge is 0.474 e. The fourth-order valence-corrected chi connectivity index (χ4v) is 2.96. The lowest BCUT2D eigenvalue weighted by Gasteiger charge is -2.35. The molecule has 0 saturated carbocycles. The summed E-state index contributed by atoms with van der Waals surface area (Å²) in [4.78, 5) is 15.6. The number of amides is 1. The first-order valence-electron chi connectivity index (χ1n) is 8.57. The molecule has 1 saturated heterocycles. The van der Waals surface area contributed by atoms with Gasteiger partial charge >= 0.3 is 0 Å². The fraction of sp³-hybridized carbons (Fsp3) is 0.412. The molecule has 0 aliphatic carbocycles. The molecule has 0 spiro atoms. The molecule has 1 N–H and O–H groups in total. The van der Waals surface area contributed by atoms with E-state index < -0.39 is 5.82 Å². The van der Waals surface area contributed by atoms with Gasteiger partial charge in [0.15, 0.2) is 0 Å². The first kappa shape index (κ1) is 19.0. The molecule has 1 aliphatic heterocycles. The van der Waals surface area contributed by atoms with Crippen LogP contribution in [-0.2, 0) is 16.1 Å². The molecule has 8 nitrogen and oxygen atoms in total. The van der Waals surface area contributed by atoms with Crippen molar-refractivity contribution < 1.29 is 13.9 Å². The summed E-state index contributed by atoms with van der Waals surface area (Å²) in [5.74, 6) is -0.393. The van der Waals surface area contributed by atoms with Gasteiger partial charge in [-0.25, -0.2) is 9.07 Å². The van der Waals surface area contributed by atoms with Gasteiger partial charge in [0.25, 0.3) is 5.17 Å². The Balaban J connectivity index is 1.71. The SMILES string of the molecule is CCN1CCN(c2ccc(-n3cc(CNC(=S)OC)nn3)cc2F)CC1=O. The molecular formula is C17H21FN6O2S. The van der Waals surface area contributed by atoms with Gasteiger partial charge in [-0.05, 0) is 31.3 Å². The molecular weight excluding hydrogens is 371 g/mol. The Morgan fingerprint density at radius 1 is 1.41 bits per heavy atom. The highest BCUT2D eigenvalue weighted by Crippen LogP contribution is 2.23. The number of halogens is 1. The maximum absolute atomic E-state index is 14.7. The third-order valence-corrected chi connectivity index (χ3v) is 4.69. The van der Waals surface area contributed by atoms with Crippen molar-refractivity contribution in [1.29, 1.82) is 0 Å². The molecule has 1 aromatic carbocycles. The number of hydrogen-bond acceptors (Lipinski definition) is 6. The third-order valence-electron chi connectivity index (χ3n) is 4.38. The van der Waals surface area contributed by atoms with Gasteiger partial charge in [-0.1, -0.05) is 5.21 Å². The number of methoxy groups -OCH3 is 1. The highest BCUT2D eigenvalue weighted by Gasteiger charge is 2.24. The number of benzene rings is 1. The van der Waals surface area contributed by atoms with Crippen LogP contribution in [0.3, 0.4) is 0 Å². The highest BCUT2D eigenvalue weighted by atomic mass is 32.1. The van der Waals surface area contributed by atoms with E-state index in [1.807, 2.05) is 6.92 Å². The van der Waals surface area contributed by atoms with Gasteiger partial charge in [-0.15, -0.1) is 5.10 Å². The van der Waals surface area contributed by atoms with Crippen molar-refractivity contribution in [3.05, 3.63) is 35.9 Å². The van der Waals surface area contributed by atoms with Crippen LogP contribution < -0.4 is 10.2 Å². The zero-order valence-corrected chi connectivity index (χ0v) is 16.0. The number of nitrogens with one attached hydrogen (secondary N) is 1. The maximum atomic E-state index is 14.7. The molecule has 3 rings (SSSR count). The Bertz CT molecular complexity index is 843. The number of carbonyl (C=O) groups is 1. The number of thiocarbonyl (C=S) groups is 1. The van der Waals surface area contributed by atoms with Crippen LogP contribution in [0.5, 0.6) is 0 Å². The van der Waals surface area contributed by atoms with Crippen LogP contribution in [-0.4, -0.2) is 64.3 Å². The molecule has 10 heteroatoms. The van der Waals surface area contributed by atoms with E-state index in [-0.39, 0.29) is 17.6 Å². The van der Waals surface area contributed by atoms with Crippen LogP contribution in [0.25, 0.3) is 5.69 Å². The van der Waals surface area contributed by atoms with Gasteiger partial charge in [0.2, 0.25) is 5.91 Å². The summed E-state index contributed by atoms with van der Waals surface area (Å²) in [5.41, 5.74) is 1.60. The Hall–Kier alpha value is -2.75. The lowest BCUT2D eigenvalue weighted by molar-refractivity contribution is -0.130. The summed E-state index contributed by atoms with van der Waals surface area (Å²) in [5, 5.41) is 11.2. The van der Waals surface area contributed by atoms with Crippen LogP contribution in [0.15, 0.2) is 24.4 Å². The number of piperazine rings is 1. The number of rotatable bonds is 5. The van der Waals surface area contributed by atoms with Crippen molar-refractivity contribution >= 4 is 29.0 Å². The van der Waals surface area contributed by atoms with Crippen molar-refractivity contribution in [2.75, 3.05) is 38.2 Å². The molecule has 2 heterocycles. The van der Waals surface area contributed by atoms with Crippen molar-refractivity contribution in [3.63, 3.8) is 0 Å². The molecule has 0 atom stereocenters. The van der Waals surface area contributed by atoms with Crippen LogP contribution >= 0.6 is 12.2 Å². The second-order valence-electron chi connectivity index (χ2n) is 6.03. The van der Waals surface area contributed by atoms with Crippen molar-refractivity contribution in [2.24, 2.45) is 0 Å². The average Bonchev–Trinajstić information content (AvgIpc) is 3.15. The van der Waals surface area contributed by atoms with E-state index in [1.54, 1.807) is 28.1 Å². The van der Waals surface area contributed by atoms with E-state index in [0.717, 1.165) is 0 Å². The van der Waals surface area contributed by atoms with Gasteiger partial charge in [0.05, 0.1) is 37.8 Å². The minimum absolute atomic E-state index is 0.00891. The van der Waals surface area contributed by atoms with E-state index in [1.165, 1.54) is 17.9 Å². The average molecular weight is 392 g/mol. The molecule has 1 aliphatic rings. The minimum atomic E-state index is -0.402. The zero-order chi connectivity index (χ0) is 19.4. The Morgan fingerprint density at radius 2 is 2.22 bits per heavy atom. The number of likely N-dealkylation sites (N-methyl/N-ethyl adjacent to an activating group) is 1. The second kappa shape index (κ2) is 8.30. The summed E-state index contributed by atoms with van der Waals surface area (Å²) >= 11 is 4.90. The van der Waals surface area contributed by atoms with Crippen LogP contribution in [0.4, 0.5) is 10.1 Å². The molecule has 0 unspecified atom stereocenters. The lowest BCUT2D eigenvalue weighted by atomic mass is 10.2. The number of aromatic nitrogens is 3. The Labute approximate surface area is 161 Å². The molecule has 27 heavy (non-hydrogen) atoms. The molecule has 1 aromatic heterocycles. The van der Waals surface area contributed by atoms with E-state index in [0.29, 0.717) is 43.2 Å². The van der Waals surface area contributed by atoms with E-state index in [2.05, 4.69) is 15.6 Å². The van der Waals surface area contributed by atoms with Gasteiger partial charge in [0.1, 0.15) is 11.5 Å². The van der Waals surface area contributed by atoms with Crippen molar-refractivity contribution in [2.45, 2.75) is 13.5 Å². The molecule has 1 fully saturated rings. The van der Waals surface area contributed by atoms with Gasteiger partial charge in [0, 0.05) is 25.7 Å². The third kappa shape index (κ3) is 4.33. The van der Waals surface area contributed by atoms with E-state index in [9.17, 15) is 9.18 Å². The zero-order valence-electron chi connectivity index (χ0n) is 15.2. The first-order valence-corrected chi connectivity index (χ1v) is 8.98. The van der Waals surface area contributed by atoms with Crippen molar-refractivity contribution in [1.82, 2.24) is 25.2 Å². The van der Waals surface area contributed by atoms with E-state index >= 15 is 0 Å². The number of hydrogen-bond donors (Lipinski definition) is 1. The summed E-state index contributed by atoms with van der Waals surface area (Å²) in [6.07, 6.45) is 1.68. The predicted molar refractivity (Wildman–Crippen MR) is 102 cm³/mol. The van der Waals surface area contributed by atoms with Crippen LogP contribution in [0.1, 0.15) is 12.6 Å². The molecule has 2 aromatic rings. The number of ether oxygens (including phenoxy) is 1. The summed E-state index contributed by atoms with van der Waals surface area (Å²) in [7, 11) is 1.48. The summed E-state index contributed by atoms with van der Waals surface area (Å²) < 4.78 is 21.0. The number of carbonyl (C=O) groups excluding carboxylic acids is 1. The van der Waals surface area contributed by atoms with Crippen molar-refractivity contribution in [3.8, 4) is 5.69 Å². The number of nitrogens with zero attached hydrogens (tertiary/aromatic N) is 5. The van der Waals surface area contributed by atoms with Gasteiger partial charge in [-0.2, -0.15) is 0 Å². The smallest absolute Gasteiger partial charge is 0.256 e. The Kier molecular flexibility index (Phi) is 5.84. The second-order valence-corrected chi connectivity index (χ2v) is 6.40. The lowest BCUT2D eigenvalue weighted by Crippen LogP contribution is -2.50. The standard InChI is InChI=1S/C17H21FN6O2S/c1-3-22-6-7-23(11-16(22)25)15-5-4-13(8-14(15)18)24-10-12(20-21-24)9-19-17(27)26-2/h4-5,8,10H,3,6-7,9,11H2,1-2H3,(H,19,27). The summed E-state index contributed by atoms with van der Waals surface area (Å²) in [6.45, 7) is 4.35. The van der Waals surface area contributed by atoms with Crippen LogP contribution in [0, 0.1) is 5.82 Å². The number of anilines is 1. The Morgan fingerprint density at radius 3 is 2.89 bits per heavy atom. The topological polar surface area (TPSA) is 75.5 Å². The predicted octanol–water partition coefficient (Wildman–Crippen LogP) is 1.10. The van der Waals surface area contributed by atoms with Gasteiger partial charge in [-0.3, -0.25) is 4.79 Å². The molecule has 1 amide bonds. The monoisotopic (exact) mass is 392 g/mol. The fourth-order valence-electron chi connectivity index (χ4n) is 2.88. The quantitative estimate of drug-likeness (QED) is 0.764. The molecule has 0 bridgehead atoms.